The molecule has 4 heteroatoms. The summed E-state index contributed by atoms with van der Waals surface area (Å²) in [5, 5.41) is 23.3. The van der Waals surface area contributed by atoms with Gasteiger partial charge in [-0.15, -0.1) is 0 Å². The third-order valence-electron chi connectivity index (χ3n) is 17.2. The lowest BCUT2D eigenvalue weighted by atomic mass is 10.0. The van der Waals surface area contributed by atoms with E-state index in [1.807, 2.05) is 6.08 Å². The third kappa shape index (κ3) is 65.6. The molecule has 0 aromatic rings. The number of carbonyl (C=O) groups is 1. The Morgan fingerprint density at radius 2 is 0.506 bits per heavy atom. The van der Waals surface area contributed by atoms with E-state index in [1.54, 1.807) is 6.08 Å². The van der Waals surface area contributed by atoms with Gasteiger partial charge in [-0.05, 0) is 32.1 Å². The van der Waals surface area contributed by atoms with E-state index in [-0.39, 0.29) is 12.5 Å². The molecule has 0 rings (SSSR count). The lowest BCUT2D eigenvalue weighted by Crippen LogP contribution is -2.45. The fourth-order valence-electron chi connectivity index (χ4n) is 11.7. The maximum Gasteiger partial charge on any atom is 0.220 e. The van der Waals surface area contributed by atoms with Crippen molar-refractivity contribution in [3.63, 3.8) is 0 Å². The first-order valence-electron chi connectivity index (χ1n) is 36.1. The van der Waals surface area contributed by atoms with Gasteiger partial charge in [0.25, 0.3) is 0 Å². The fraction of sp³-hybridized carbons (Fsp3) is 0.932. The number of carbonyl (C=O) groups excluding carboxylic acids is 1. The Morgan fingerprint density at radius 3 is 0.753 bits per heavy atom. The van der Waals surface area contributed by atoms with Crippen molar-refractivity contribution >= 4 is 5.91 Å². The fourth-order valence-corrected chi connectivity index (χ4v) is 11.7. The van der Waals surface area contributed by atoms with Gasteiger partial charge in [0.15, 0.2) is 0 Å². The van der Waals surface area contributed by atoms with E-state index >= 15 is 0 Å². The molecule has 0 aromatic heterocycles. The van der Waals surface area contributed by atoms with Crippen molar-refractivity contribution in [3.05, 3.63) is 24.3 Å². The minimum Gasteiger partial charge on any atom is -0.394 e. The van der Waals surface area contributed by atoms with Crippen LogP contribution in [-0.4, -0.2) is 34.9 Å². The summed E-state index contributed by atoms with van der Waals surface area (Å²) in [6.07, 6.45) is 94.4. The Morgan fingerprint density at radius 1 is 0.299 bits per heavy atom. The number of aliphatic hydroxyl groups excluding tert-OH is 2. The number of rotatable bonds is 68. The zero-order valence-corrected chi connectivity index (χ0v) is 53.0. The van der Waals surface area contributed by atoms with Gasteiger partial charge in [0, 0.05) is 6.42 Å². The summed E-state index contributed by atoms with van der Waals surface area (Å²) in [5.41, 5.74) is 0. The van der Waals surface area contributed by atoms with Crippen LogP contribution in [0.5, 0.6) is 0 Å². The Bertz CT molecular complexity index is 1140. The van der Waals surface area contributed by atoms with Crippen molar-refractivity contribution in [3.8, 4) is 0 Å². The second-order valence-electron chi connectivity index (χ2n) is 25.0. The van der Waals surface area contributed by atoms with Crippen molar-refractivity contribution in [2.75, 3.05) is 6.61 Å². The standard InChI is InChI=1S/C73H143NO3/c1-3-5-7-9-11-13-15-17-19-21-23-25-27-29-31-33-35-37-39-41-43-45-47-49-51-53-55-57-59-61-63-65-67-69-73(77)74-71(70-75)72(76)68-66-64-62-60-58-56-54-52-50-48-46-44-42-40-38-36-34-32-30-28-26-24-22-20-18-16-14-12-10-8-6-4-2/h58,60,66,68,71-72,75-76H,3-57,59,61-65,67,69-70H2,1-2H3,(H,74,77)/b60-58+,68-66+. The van der Waals surface area contributed by atoms with Gasteiger partial charge in [0.2, 0.25) is 5.91 Å². The number of amides is 1. The first-order valence-corrected chi connectivity index (χ1v) is 36.1. The Balaban J connectivity index is 3.42. The number of unbranched alkanes of at least 4 members (excludes halogenated alkanes) is 59. The zero-order valence-electron chi connectivity index (χ0n) is 53.0. The molecule has 0 fully saturated rings. The van der Waals surface area contributed by atoms with Crippen LogP contribution in [0, 0.1) is 0 Å². The van der Waals surface area contributed by atoms with E-state index in [1.165, 1.54) is 366 Å². The highest BCUT2D eigenvalue weighted by Crippen LogP contribution is 2.20. The minimum absolute atomic E-state index is 0.0637. The second-order valence-corrected chi connectivity index (χ2v) is 25.0. The average Bonchev–Trinajstić information content (AvgIpc) is 3.43. The molecule has 2 unspecified atom stereocenters. The minimum atomic E-state index is -0.861. The first kappa shape index (κ1) is 75.9. The van der Waals surface area contributed by atoms with Gasteiger partial charge in [0.05, 0.1) is 18.8 Å². The van der Waals surface area contributed by atoms with E-state index in [2.05, 4.69) is 31.3 Å². The number of hydrogen-bond donors (Lipinski definition) is 3. The highest BCUT2D eigenvalue weighted by atomic mass is 16.3. The summed E-state index contributed by atoms with van der Waals surface area (Å²) in [7, 11) is 0. The van der Waals surface area contributed by atoms with Crippen LogP contribution in [-0.2, 0) is 4.79 Å². The van der Waals surface area contributed by atoms with Crippen LogP contribution < -0.4 is 5.32 Å². The second kappa shape index (κ2) is 69.1. The Kier molecular flexibility index (Phi) is 68.1. The molecule has 3 N–H and O–H groups in total. The van der Waals surface area contributed by atoms with E-state index in [4.69, 9.17) is 0 Å². The van der Waals surface area contributed by atoms with Gasteiger partial charge in [-0.3, -0.25) is 4.79 Å². The molecule has 458 valence electrons. The van der Waals surface area contributed by atoms with Crippen molar-refractivity contribution in [1.82, 2.24) is 5.32 Å². The van der Waals surface area contributed by atoms with Crippen LogP contribution >= 0.6 is 0 Å². The average molecular weight is 1080 g/mol. The van der Waals surface area contributed by atoms with E-state index < -0.39 is 12.1 Å². The molecule has 4 nitrogen and oxygen atoms in total. The number of hydrogen-bond acceptors (Lipinski definition) is 3. The van der Waals surface area contributed by atoms with Crippen LogP contribution in [0.15, 0.2) is 24.3 Å². The van der Waals surface area contributed by atoms with Crippen molar-refractivity contribution in [2.24, 2.45) is 0 Å². The highest BCUT2D eigenvalue weighted by molar-refractivity contribution is 5.76. The van der Waals surface area contributed by atoms with Crippen LogP contribution in [0.2, 0.25) is 0 Å². The molecule has 0 aromatic carbocycles. The first-order chi connectivity index (χ1) is 38.2. The summed E-state index contributed by atoms with van der Waals surface area (Å²) >= 11 is 0. The number of nitrogens with one attached hydrogen (secondary N) is 1. The zero-order chi connectivity index (χ0) is 55.5. The summed E-state index contributed by atoms with van der Waals surface area (Å²) in [4.78, 5) is 12.5. The molecule has 0 spiro atoms. The largest absolute Gasteiger partial charge is 0.394 e. The predicted octanol–water partition coefficient (Wildman–Crippen LogP) is 24.6. The lowest BCUT2D eigenvalue weighted by Gasteiger charge is -2.19. The van der Waals surface area contributed by atoms with Gasteiger partial charge in [-0.25, -0.2) is 0 Å². The molecular formula is C73H143NO3. The molecule has 0 bridgehead atoms. The molecule has 2 atom stereocenters. The molecule has 0 saturated carbocycles. The lowest BCUT2D eigenvalue weighted by molar-refractivity contribution is -0.123. The van der Waals surface area contributed by atoms with Crippen molar-refractivity contribution in [2.45, 2.75) is 431 Å². The number of aliphatic hydroxyl groups is 2. The van der Waals surface area contributed by atoms with Crippen molar-refractivity contribution < 1.29 is 15.0 Å². The van der Waals surface area contributed by atoms with Gasteiger partial charge >= 0.3 is 0 Å². The normalized spacial score (nSPS) is 12.7. The third-order valence-corrected chi connectivity index (χ3v) is 17.2. The van der Waals surface area contributed by atoms with Crippen molar-refractivity contribution in [1.29, 1.82) is 0 Å². The molecular weight excluding hydrogens is 939 g/mol. The van der Waals surface area contributed by atoms with Crippen LogP contribution in [0.1, 0.15) is 418 Å². The molecule has 0 aliphatic rings. The Labute approximate surface area is 485 Å². The number of allylic oxidation sites excluding steroid dienone is 3. The maximum absolute atomic E-state index is 12.5. The van der Waals surface area contributed by atoms with E-state index in [9.17, 15) is 15.0 Å². The van der Waals surface area contributed by atoms with Crippen LogP contribution in [0.25, 0.3) is 0 Å². The smallest absolute Gasteiger partial charge is 0.220 e. The molecule has 0 aliphatic carbocycles. The van der Waals surface area contributed by atoms with Crippen LogP contribution in [0.4, 0.5) is 0 Å². The summed E-state index contributed by atoms with van der Waals surface area (Å²) in [6, 6.07) is -0.638. The molecule has 0 aliphatic heterocycles. The van der Waals surface area contributed by atoms with Gasteiger partial charge < -0.3 is 15.5 Å². The summed E-state index contributed by atoms with van der Waals surface area (Å²) < 4.78 is 0. The quantitative estimate of drug-likeness (QED) is 0.0420. The topological polar surface area (TPSA) is 69.6 Å². The van der Waals surface area contributed by atoms with Gasteiger partial charge in [-0.1, -0.05) is 404 Å². The van der Waals surface area contributed by atoms with Crippen LogP contribution in [0.3, 0.4) is 0 Å². The van der Waals surface area contributed by atoms with E-state index in [0.29, 0.717) is 6.42 Å². The SMILES string of the molecule is CCCCCCCCCCCCCCCCCCCCCCCCCCCC/C=C/CC/C=C/C(O)C(CO)NC(=O)CCCCCCCCCCCCCCCCCCCCCCCCCCCCCCCCCCC. The summed E-state index contributed by atoms with van der Waals surface area (Å²) in [6.45, 7) is 4.36. The molecule has 1 amide bonds. The monoisotopic (exact) mass is 1080 g/mol. The molecule has 0 heterocycles. The maximum atomic E-state index is 12.5. The van der Waals surface area contributed by atoms with Gasteiger partial charge in [0.1, 0.15) is 0 Å². The van der Waals surface area contributed by atoms with Gasteiger partial charge in [-0.2, -0.15) is 0 Å². The molecule has 0 saturated heterocycles. The Hall–Kier alpha value is -1.13. The predicted molar refractivity (Wildman–Crippen MR) is 346 cm³/mol. The molecule has 77 heavy (non-hydrogen) atoms. The summed E-state index contributed by atoms with van der Waals surface area (Å²) in [5.74, 6) is -0.0637. The highest BCUT2D eigenvalue weighted by Gasteiger charge is 2.18. The van der Waals surface area contributed by atoms with E-state index in [0.717, 1.165) is 32.1 Å². The molecule has 0 radical (unpaired) electrons.